The summed E-state index contributed by atoms with van der Waals surface area (Å²) in [6.07, 6.45) is 1.38. The first kappa shape index (κ1) is 26.4. The number of hydrogen-bond donors (Lipinski definition) is 3. The summed E-state index contributed by atoms with van der Waals surface area (Å²) in [4.78, 5) is 49.1. The molecule has 0 saturated heterocycles. The summed E-state index contributed by atoms with van der Waals surface area (Å²) >= 11 is 6.42. The fourth-order valence-corrected chi connectivity index (χ4v) is 4.40. The number of aliphatic imine (C=N–C) groups is 1. The van der Waals surface area contributed by atoms with E-state index in [-0.39, 0.29) is 51.0 Å². The minimum Gasteiger partial charge on any atom is -0.423 e. The van der Waals surface area contributed by atoms with Gasteiger partial charge in [-0.3, -0.25) is 25.0 Å². The number of carbonyl (C=O) groups excluding carboxylic acids is 2. The van der Waals surface area contributed by atoms with Crippen LogP contribution in [0.1, 0.15) is 35.8 Å². The number of nitrogens with zero attached hydrogens (tertiary/aromatic N) is 4. The van der Waals surface area contributed by atoms with Gasteiger partial charge in [0.2, 0.25) is 5.96 Å². The lowest BCUT2D eigenvalue weighted by molar-refractivity contribution is -0.384. The minimum absolute atomic E-state index is 0.0123. The lowest BCUT2D eigenvalue weighted by Gasteiger charge is -2.26. The van der Waals surface area contributed by atoms with Crippen molar-refractivity contribution >= 4 is 57.9 Å². The molecule has 0 fully saturated rings. The summed E-state index contributed by atoms with van der Waals surface area (Å²) in [5.41, 5.74) is 1.17. The SMILES string of the molecule is CC(=O)c1ccnc(NC(=O)C2=C(C)NC(Nc3nc4ccc(F)cc4o3)=NC2c2cccc([N+](=O)[O-])c2Cl)c1. The van der Waals surface area contributed by atoms with Crippen molar-refractivity contribution in [3.63, 3.8) is 0 Å². The van der Waals surface area contributed by atoms with Gasteiger partial charge in [0.15, 0.2) is 11.4 Å². The minimum atomic E-state index is -1.12. The molecule has 12 nitrogen and oxygen atoms in total. The maximum Gasteiger partial charge on any atom is 0.302 e. The molecular weight excluding hydrogens is 545 g/mol. The van der Waals surface area contributed by atoms with Gasteiger partial charge in [0, 0.05) is 35.2 Å². The maximum atomic E-state index is 13.6. The van der Waals surface area contributed by atoms with Crippen LogP contribution in [0.5, 0.6) is 0 Å². The number of amides is 1. The third kappa shape index (κ3) is 5.22. The van der Waals surface area contributed by atoms with Gasteiger partial charge in [-0.2, -0.15) is 4.98 Å². The molecule has 40 heavy (non-hydrogen) atoms. The standard InChI is InChI=1S/C26H19ClFN7O5/c1-12-21(24(37)32-20-10-14(13(2)36)8-9-29-20)23(16-4-3-5-18(22(16)27)35(38)39)33-25(30-12)34-26-31-17-7-6-15(28)11-19(17)40-26/h3-11,23H,1-2H3,(H,29,32,37)(H2,30,31,33,34). The van der Waals surface area contributed by atoms with Crippen molar-refractivity contribution in [1.82, 2.24) is 15.3 Å². The first-order valence-corrected chi connectivity index (χ1v) is 12.1. The molecular formula is C26H19ClFN7O5. The number of carbonyl (C=O) groups is 2. The fourth-order valence-electron chi connectivity index (χ4n) is 4.10. The number of Topliss-reactive ketones (excluding diaryl/α,β-unsaturated/α-hetero) is 1. The van der Waals surface area contributed by atoms with Crippen molar-refractivity contribution in [3.05, 3.63) is 98.1 Å². The molecule has 14 heteroatoms. The Hall–Kier alpha value is -5.17. The molecule has 2 aromatic carbocycles. The molecule has 0 radical (unpaired) electrons. The lowest BCUT2D eigenvalue weighted by Crippen LogP contribution is -2.37. The molecule has 202 valence electrons. The lowest BCUT2D eigenvalue weighted by atomic mass is 9.95. The molecule has 0 spiro atoms. The molecule has 1 atom stereocenters. The number of ketones is 1. The number of allylic oxidation sites excluding steroid dienone is 1. The second-order valence-electron chi connectivity index (χ2n) is 8.68. The summed E-state index contributed by atoms with van der Waals surface area (Å²) < 4.78 is 19.1. The predicted octanol–water partition coefficient (Wildman–Crippen LogP) is 5.15. The quantitative estimate of drug-likeness (QED) is 0.163. The number of nitrogens with one attached hydrogen (secondary N) is 3. The second-order valence-corrected chi connectivity index (χ2v) is 9.06. The Balaban J connectivity index is 1.54. The van der Waals surface area contributed by atoms with Crippen LogP contribution >= 0.6 is 11.6 Å². The highest BCUT2D eigenvalue weighted by Gasteiger charge is 2.33. The Labute approximate surface area is 230 Å². The average Bonchev–Trinajstić information content (AvgIpc) is 3.29. The largest absolute Gasteiger partial charge is 0.423 e. The number of hydrogen-bond acceptors (Lipinski definition) is 10. The van der Waals surface area contributed by atoms with Crippen molar-refractivity contribution in [2.45, 2.75) is 19.9 Å². The van der Waals surface area contributed by atoms with Gasteiger partial charge in [-0.15, -0.1) is 0 Å². The van der Waals surface area contributed by atoms with Gasteiger partial charge >= 0.3 is 6.01 Å². The van der Waals surface area contributed by atoms with Gasteiger partial charge in [0.25, 0.3) is 11.6 Å². The second kappa shape index (κ2) is 10.5. The predicted molar refractivity (Wildman–Crippen MR) is 145 cm³/mol. The molecule has 0 bridgehead atoms. The van der Waals surface area contributed by atoms with E-state index in [0.717, 1.165) is 0 Å². The van der Waals surface area contributed by atoms with Crippen LogP contribution < -0.4 is 16.0 Å². The van der Waals surface area contributed by atoms with E-state index in [4.69, 9.17) is 16.0 Å². The molecule has 3 N–H and O–H groups in total. The third-order valence-electron chi connectivity index (χ3n) is 5.97. The molecule has 5 rings (SSSR count). The van der Waals surface area contributed by atoms with E-state index >= 15 is 0 Å². The number of nitro benzene ring substituents is 1. The van der Waals surface area contributed by atoms with Crippen LogP contribution in [0.4, 0.5) is 21.9 Å². The van der Waals surface area contributed by atoms with E-state index in [1.807, 2.05) is 0 Å². The summed E-state index contributed by atoms with van der Waals surface area (Å²) in [5, 5.41) is 19.8. The molecule has 1 amide bonds. The fraction of sp³-hybridized carbons (Fsp3) is 0.115. The van der Waals surface area contributed by atoms with E-state index < -0.39 is 22.7 Å². The van der Waals surface area contributed by atoms with Crippen LogP contribution in [0.2, 0.25) is 5.02 Å². The van der Waals surface area contributed by atoms with Gasteiger partial charge in [0.05, 0.1) is 10.5 Å². The maximum absolute atomic E-state index is 13.6. The number of rotatable bonds is 6. The Kier molecular flexibility index (Phi) is 6.96. The highest BCUT2D eigenvalue weighted by molar-refractivity contribution is 6.33. The molecule has 1 aliphatic rings. The van der Waals surface area contributed by atoms with Gasteiger partial charge in [-0.05, 0) is 38.1 Å². The van der Waals surface area contributed by atoms with E-state index in [1.54, 1.807) is 6.92 Å². The number of oxazole rings is 1. The Bertz CT molecular complexity index is 1770. The van der Waals surface area contributed by atoms with Crippen LogP contribution in [0.3, 0.4) is 0 Å². The smallest absolute Gasteiger partial charge is 0.302 e. The number of anilines is 2. The highest BCUT2D eigenvalue weighted by Crippen LogP contribution is 2.39. The van der Waals surface area contributed by atoms with E-state index in [0.29, 0.717) is 16.8 Å². The van der Waals surface area contributed by atoms with Crippen molar-refractivity contribution < 1.29 is 23.3 Å². The van der Waals surface area contributed by atoms with Gasteiger partial charge < -0.3 is 15.1 Å². The number of pyridine rings is 1. The number of guanidine groups is 1. The van der Waals surface area contributed by atoms with E-state index in [9.17, 15) is 24.1 Å². The molecule has 4 aromatic rings. The zero-order valence-corrected chi connectivity index (χ0v) is 21.6. The molecule has 1 unspecified atom stereocenters. The van der Waals surface area contributed by atoms with Gasteiger partial charge in [-0.25, -0.2) is 14.4 Å². The Morgan fingerprint density at radius 1 is 1.20 bits per heavy atom. The summed E-state index contributed by atoms with van der Waals surface area (Å²) in [6.45, 7) is 2.99. The van der Waals surface area contributed by atoms with Crippen LogP contribution in [0, 0.1) is 15.9 Å². The van der Waals surface area contributed by atoms with Crippen molar-refractivity contribution in [3.8, 4) is 0 Å². The number of nitro groups is 1. The Morgan fingerprint density at radius 3 is 2.75 bits per heavy atom. The molecule has 1 aliphatic heterocycles. The highest BCUT2D eigenvalue weighted by atomic mass is 35.5. The third-order valence-corrected chi connectivity index (χ3v) is 6.38. The van der Waals surface area contributed by atoms with Crippen LogP contribution in [0.25, 0.3) is 11.1 Å². The zero-order valence-electron chi connectivity index (χ0n) is 20.9. The van der Waals surface area contributed by atoms with E-state index in [2.05, 4.69) is 30.9 Å². The molecule has 0 saturated carbocycles. The number of aromatic nitrogens is 2. The summed E-state index contributed by atoms with van der Waals surface area (Å²) in [7, 11) is 0. The van der Waals surface area contributed by atoms with Crippen LogP contribution in [-0.4, -0.2) is 32.5 Å². The monoisotopic (exact) mass is 563 g/mol. The average molecular weight is 564 g/mol. The Morgan fingerprint density at radius 2 is 2.00 bits per heavy atom. The molecule has 3 heterocycles. The summed E-state index contributed by atoms with van der Waals surface area (Å²) in [6, 6.07) is 9.86. The molecule has 2 aromatic heterocycles. The van der Waals surface area contributed by atoms with Gasteiger partial charge in [0.1, 0.15) is 28.2 Å². The zero-order chi connectivity index (χ0) is 28.6. The topological polar surface area (TPSA) is 165 Å². The summed E-state index contributed by atoms with van der Waals surface area (Å²) in [5.74, 6) is -1.14. The van der Waals surface area contributed by atoms with E-state index in [1.165, 1.54) is 61.7 Å². The first-order valence-electron chi connectivity index (χ1n) is 11.7. The normalized spacial score (nSPS) is 14.9. The van der Waals surface area contributed by atoms with Crippen molar-refractivity contribution in [2.75, 3.05) is 10.6 Å². The number of benzene rings is 2. The number of fused-ring (bicyclic) bond motifs is 1. The van der Waals surface area contributed by atoms with Crippen molar-refractivity contribution in [1.29, 1.82) is 0 Å². The van der Waals surface area contributed by atoms with Crippen molar-refractivity contribution in [2.24, 2.45) is 4.99 Å². The first-order chi connectivity index (χ1) is 19.1. The molecule has 0 aliphatic carbocycles. The van der Waals surface area contributed by atoms with Crippen LogP contribution in [-0.2, 0) is 4.79 Å². The van der Waals surface area contributed by atoms with Crippen LogP contribution in [0.15, 0.2) is 75.4 Å². The van der Waals surface area contributed by atoms with Gasteiger partial charge in [-0.1, -0.05) is 23.7 Å². The number of halogens is 2.